The van der Waals surface area contributed by atoms with Crippen LogP contribution in [0.4, 0.5) is 0 Å². The lowest BCUT2D eigenvalue weighted by molar-refractivity contribution is 0.0598. The molecule has 1 aromatic heterocycles. The van der Waals surface area contributed by atoms with Crippen molar-refractivity contribution in [1.29, 1.82) is 0 Å². The molecule has 1 heterocycles. The van der Waals surface area contributed by atoms with Crippen LogP contribution in [0.25, 0.3) is 11.3 Å². The van der Waals surface area contributed by atoms with Crippen molar-refractivity contribution in [3.05, 3.63) is 85.7 Å². The number of aromatic nitrogens is 1. The number of pyridine rings is 1. The second kappa shape index (κ2) is 10.9. The SMILES string of the molecule is CCCCOc1cc2c(cc1C)-c1c(c(Cl)c(C(=O)OC)c(=O)n1Cc1ccccc1)C(C(C)C)C2. The van der Waals surface area contributed by atoms with Gasteiger partial charge in [0.2, 0.25) is 0 Å². The van der Waals surface area contributed by atoms with E-state index in [-0.39, 0.29) is 22.4 Å². The molecule has 0 fully saturated rings. The van der Waals surface area contributed by atoms with Crippen molar-refractivity contribution in [3.8, 4) is 17.0 Å². The molecule has 1 unspecified atom stereocenters. The van der Waals surface area contributed by atoms with Crippen LogP contribution in [-0.2, 0) is 17.7 Å². The second-order valence-electron chi connectivity index (χ2n) is 9.85. The van der Waals surface area contributed by atoms with Crippen molar-refractivity contribution in [2.24, 2.45) is 5.92 Å². The van der Waals surface area contributed by atoms with Crippen LogP contribution in [0.15, 0.2) is 47.3 Å². The molecule has 0 N–H and O–H groups in total. The van der Waals surface area contributed by atoms with E-state index >= 15 is 0 Å². The first-order valence-electron chi connectivity index (χ1n) is 12.6. The number of hydrogen-bond donors (Lipinski definition) is 0. The number of aryl methyl sites for hydroxylation is 1. The Morgan fingerprint density at radius 2 is 1.92 bits per heavy atom. The largest absolute Gasteiger partial charge is 0.493 e. The highest BCUT2D eigenvalue weighted by molar-refractivity contribution is 6.34. The third-order valence-electron chi connectivity index (χ3n) is 7.04. The number of fused-ring (bicyclic) bond motifs is 3. The van der Waals surface area contributed by atoms with Gasteiger partial charge in [-0.25, -0.2) is 4.79 Å². The summed E-state index contributed by atoms with van der Waals surface area (Å²) in [6.45, 7) is 9.46. The molecule has 1 atom stereocenters. The fraction of sp³-hybridized carbons (Fsp3) is 0.400. The van der Waals surface area contributed by atoms with Crippen LogP contribution >= 0.6 is 11.6 Å². The summed E-state index contributed by atoms with van der Waals surface area (Å²) in [6, 6.07) is 14.0. The molecule has 0 bridgehead atoms. The van der Waals surface area contributed by atoms with Crippen LogP contribution < -0.4 is 10.3 Å². The number of hydrogen-bond acceptors (Lipinski definition) is 4. The molecular formula is C30H34ClNO4. The molecule has 1 aliphatic rings. The Kier molecular flexibility index (Phi) is 7.89. The van der Waals surface area contributed by atoms with Gasteiger partial charge >= 0.3 is 5.97 Å². The minimum atomic E-state index is -0.709. The zero-order valence-corrected chi connectivity index (χ0v) is 22.4. The Balaban J connectivity index is 2.02. The van der Waals surface area contributed by atoms with Crippen molar-refractivity contribution < 1.29 is 14.3 Å². The lowest BCUT2D eigenvalue weighted by Gasteiger charge is -2.34. The van der Waals surface area contributed by atoms with Crippen molar-refractivity contribution >= 4 is 17.6 Å². The van der Waals surface area contributed by atoms with Crippen molar-refractivity contribution in [2.45, 2.75) is 59.4 Å². The summed E-state index contributed by atoms with van der Waals surface area (Å²) in [5.74, 6) is 0.423. The van der Waals surface area contributed by atoms with Gasteiger partial charge in [-0.1, -0.05) is 69.1 Å². The van der Waals surface area contributed by atoms with Crippen LogP contribution in [0.3, 0.4) is 0 Å². The number of methoxy groups -OCH3 is 1. The van der Waals surface area contributed by atoms with Crippen LogP contribution in [0, 0.1) is 12.8 Å². The van der Waals surface area contributed by atoms with E-state index in [4.69, 9.17) is 21.1 Å². The van der Waals surface area contributed by atoms with E-state index in [9.17, 15) is 9.59 Å². The summed E-state index contributed by atoms with van der Waals surface area (Å²) in [5, 5.41) is 0.205. The fourth-order valence-corrected chi connectivity index (χ4v) is 5.44. The zero-order chi connectivity index (χ0) is 26.0. The maximum Gasteiger partial charge on any atom is 0.345 e. The minimum absolute atomic E-state index is 0.0252. The second-order valence-corrected chi connectivity index (χ2v) is 10.2. The molecule has 3 aromatic rings. The third-order valence-corrected chi connectivity index (χ3v) is 7.43. The van der Waals surface area contributed by atoms with E-state index in [2.05, 4.69) is 32.9 Å². The Hall–Kier alpha value is -3.05. The molecule has 5 nitrogen and oxygen atoms in total. The molecule has 1 aliphatic carbocycles. The summed E-state index contributed by atoms with van der Waals surface area (Å²) >= 11 is 6.90. The Morgan fingerprint density at radius 3 is 2.56 bits per heavy atom. The van der Waals surface area contributed by atoms with E-state index in [1.807, 2.05) is 37.3 Å². The van der Waals surface area contributed by atoms with Gasteiger partial charge in [-0.15, -0.1) is 0 Å². The standard InChI is InChI=1S/C30H34ClNO4/c1-6-7-13-36-24-16-21-15-22(18(2)3)25-27(31)26(30(34)35-5)29(33)32(17-20-11-9-8-10-12-20)28(25)23(21)14-19(24)4/h8-12,14,16,18,22H,6-7,13,15,17H2,1-5H3. The molecule has 4 rings (SSSR count). The van der Waals surface area contributed by atoms with Gasteiger partial charge in [-0.3, -0.25) is 4.79 Å². The molecule has 0 saturated carbocycles. The fourth-order valence-electron chi connectivity index (χ4n) is 5.05. The number of halogens is 1. The normalized spacial score (nSPS) is 14.4. The highest BCUT2D eigenvalue weighted by atomic mass is 35.5. The van der Waals surface area contributed by atoms with E-state index in [0.29, 0.717) is 13.2 Å². The van der Waals surface area contributed by atoms with E-state index in [0.717, 1.165) is 58.5 Å². The monoisotopic (exact) mass is 507 g/mol. The topological polar surface area (TPSA) is 57.5 Å². The Morgan fingerprint density at radius 1 is 1.19 bits per heavy atom. The first-order valence-corrected chi connectivity index (χ1v) is 13.0. The lowest BCUT2D eigenvalue weighted by atomic mass is 9.75. The van der Waals surface area contributed by atoms with E-state index in [1.54, 1.807) is 4.57 Å². The molecule has 0 spiro atoms. The predicted octanol–water partition coefficient (Wildman–Crippen LogP) is 6.79. The quantitative estimate of drug-likeness (QED) is 0.249. The summed E-state index contributed by atoms with van der Waals surface area (Å²) in [4.78, 5) is 26.6. The van der Waals surface area contributed by atoms with Gasteiger partial charge in [0.15, 0.2) is 0 Å². The van der Waals surface area contributed by atoms with E-state index in [1.165, 1.54) is 7.11 Å². The predicted molar refractivity (Wildman–Crippen MR) is 144 cm³/mol. The lowest BCUT2D eigenvalue weighted by Crippen LogP contribution is -2.33. The summed E-state index contributed by atoms with van der Waals surface area (Å²) < 4.78 is 12.8. The number of carbonyl (C=O) groups is 1. The van der Waals surface area contributed by atoms with Gasteiger partial charge in [0.25, 0.3) is 5.56 Å². The van der Waals surface area contributed by atoms with Crippen molar-refractivity contribution in [1.82, 2.24) is 4.57 Å². The number of benzene rings is 2. The maximum atomic E-state index is 13.8. The molecule has 0 saturated heterocycles. The number of rotatable bonds is 8. The minimum Gasteiger partial charge on any atom is -0.493 e. The smallest absolute Gasteiger partial charge is 0.345 e. The first kappa shape index (κ1) is 26.0. The van der Waals surface area contributed by atoms with Gasteiger partial charge in [0, 0.05) is 5.56 Å². The molecular weight excluding hydrogens is 474 g/mol. The third kappa shape index (κ3) is 4.81. The highest BCUT2D eigenvalue weighted by Gasteiger charge is 2.36. The van der Waals surface area contributed by atoms with Crippen LogP contribution in [0.5, 0.6) is 5.75 Å². The average molecular weight is 508 g/mol. The highest BCUT2D eigenvalue weighted by Crippen LogP contribution is 2.47. The van der Waals surface area contributed by atoms with Crippen molar-refractivity contribution in [3.63, 3.8) is 0 Å². The van der Waals surface area contributed by atoms with Gasteiger partial charge in [0.1, 0.15) is 11.3 Å². The van der Waals surface area contributed by atoms with Gasteiger partial charge in [-0.2, -0.15) is 0 Å². The number of unbranched alkanes of at least 4 members (excludes halogenated alkanes) is 1. The van der Waals surface area contributed by atoms with Gasteiger partial charge < -0.3 is 14.0 Å². The van der Waals surface area contributed by atoms with Gasteiger partial charge in [-0.05, 0) is 66.0 Å². The summed E-state index contributed by atoms with van der Waals surface area (Å²) in [6.07, 6.45) is 2.81. The maximum absolute atomic E-state index is 13.8. The Labute approximate surface area is 218 Å². The molecule has 2 aromatic carbocycles. The van der Waals surface area contributed by atoms with Crippen molar-refractivity contribution in [2.75, 3.05) is 13.7 Å². The molecule has 0 radical (unpaired) electrons. The molecule has 0 aliphatic heterocycles. The molecule has 0 amide bonds. The molecule has 6 heteroatoms. The summed E-state index contributed by atoms with van der Waals surface area (Å²) in [7, 11) is 1.28. The first-order chi connectivity index (χ1) is 17.3. The summed E-state index contributed by atoms with van der Waals surface area (Å²) in [5.41, 5.74) is 5.15. The van der Waals surface area contributed by atoms with Crippen LogP contribution in [0.2, 0.25) is 5.02 Å². The number of nitrogens with zero attached hydrogens (tertiary/aromatic N) is 1. The zero-order valence-electron chi connectivity index (χ0n) is 21.7. The Bertz CT molecular complexity index is 1330. The number of carbonyl (C=O) groups excluding carboxylic acids is 1. The van der Waals surface area contributed by atoms with E-state index < -0.39 is 11.5 Å². The molecule has 36 heavy (non-hydrogen) atoms. The number of esters is 1. The van der Waals surface area contributed by atoms with Crippen LogP contribution in [-0.4, -0.2) is 24.3 Å². The average Bonchev–Trinajstić information content (AvgIpc) is 2.86. The molecule has 190 valence electrons. The number of ether oxygens (including phenoxy) is 2. The van der Waals surface area contributed by atoms with Crippen LogP contribution in [0.1, 0.15) is 72.1 Å². The van der Waals surface area contributed by atoms with Gasteiger partial charge in [0.05, 0.1) is 31.0 Å².